The molecule has 160 valence electrons. The molecule has 6 heteroatoms. The Bertz CT molecular complexity index is 701. The molecule has 1 aromatic carbocycles. The van der Waals surface area contributed by atoms with Gasteiger partial charge in [0.25, 0.3) is 0 Å². The van der Waals surface area contributed by atoms with Crippen molar-refractivity contribution >= 4 is 23.4 Å². The number of rotatable bonds is 6. The van der Waals surface area contributed by atoms with Crippen LogP contribution in [-0.4, -0.2) is 52.8 Å². The fraction of sp³-hybridized carbons (Fsp3) is 0.652. The number of amides is 2. The van der Waals surface area contributed by atoms with Crippen LogP contribution in [-0.2, 0) is 16.0 Å². The monoisotopic (exact) mass is 419 g/mol. The predicted octanol–water partition coefficient (Wildman–Crippen LogP) is 3.63. The molecular weight excluding hydrogens is 386 g/mol. The van der Waals surface area contributed by atoms with Gasteiger partial charge in [0.1, 0.15) is 0 Å². The van der Waals surface area contributed by atoms with Crippen LogP contribution in [0, 0.1) is 5.92 Å². The minimum Gasteiger partial charge on any atom is -0.339 e. The average Bonchev–Trinajstić information content (AvgIpc) is 3.19. The molecule has 1 heterocycles. The number of nitrogens with zero attached hydrogens (tertiary/aromatic N) is 2. The van der Waals surface area contributed by atoms with Crippen molar-refractivity contribution in [1.82, 2.24) is 9.80 Å². The van der Waals surface area contributed by atoms with Crippen molar-refractivity contribution in [2.45, 2.75) is 76.9 Å². The molecule has 0 aromatic heterocycles. The Labute approximate surface area is 179 Å². The van der Waals surface area contributed by atoms with Crippen LogP contribution < -0.4 is 5.73 Å². The number of carbonyl (C=O) groups excluding carboxylic acids is 2. The van der Waals surface area contributed by atoms with Crippen molar-refractivity contribution in [2.24, 2.45) is 11.7 Å². The second-order valence-electron chi connectivity index (χ2n) is 8.86. The topological polar surface area (TPSA) is 66.6 Å². The maximum atomic E-state index is 13.0. The lowest BCUT2D eigenvalue weighted by Gasteiger charge is -2.39. The van der Waals surface area contributed by atoms with Crippen molar-refractivity contribution in [3.05, 3.63) is 34.9 Å². The smallest absolute Gasteiger partial charge is 0.239 e. The maximum Gasteiger partial charge on any atom is 0.239 e. The number of hydrogen-bond donors (Lipinski definition) is 1. The van der Waals surface area contributed by atoms with Gasteiger partial charge in [0.2, 0.25) is 11.8 Å². The Morgan fingerprint density at radius 1 is 1.10 bits per heavy atom. The number of carbonyl (C=O) groups is 2. The van der Waals surface area contributed by atoms with E-state index in [1.807, 2.05) is 43.0 Å². The van der Waals surface area contributed by atoms with E-state index in [1.165, 1.54) is 19.3 Å². The molecule has 2 N–H and O–H groups in total. The van der Waals surface area contributed by atoms with E-state index in [9.17, 15) is 9.59 Å². The molecule has 29 heavy (non-hydrogen) atoms. The summed E-state index contributed by atoms with van der Waals surface area (Å²) in [5.41, 5.74) is 7.24. The van der Waals surface area contributed by atoms with Crippen LogP contribution in [0.2, 0.25) is 5.02 Å². The van der Waals surface area contributed by atoms with Crippen molar-refractivity contribution in [3.63, 3.8) is 0 Å². The SMILES string of the molecule is CC(C)C(=O)N(C1CCCCC1)[C@H]1CCN(C(=O)C(N)Cc2ccc(Cl)cc2)C1. The van der Waals surface area contributed by atoms with E-state index >= 15 is 0 Å². The number of hydrogen-bond acceptors (Lipinski definition) is 3. The summed E-state index contributed by atoms with van der Waals surface area (Å²) >= 11 is 5.93. The third-order valence-corrected chi connectivity index (χ3v) is 6.52. The highest BCUT2D eigenvalue weighted by atomic mass is 35.5. The van der Waals surface area contributed by atoms with Crippen LogP contribution in [0.25, 0.3) is 0 Å². The molecule has 2 atom stereocenters. The fourth-order valence-electron chi connectivity index (χ4n) is 4.68. The van der Waals surface area contributed by atoms with Crippen molar-refractivity contribution in [2.75, 3.05) is 13.1 Å². The normalized spacial score (nSPS) is 21.4. The summed E-state index contributed by atoms with van der Waals surface area (Å²) in [6.07, 6.45) is 7.14. The number of likely N-dealkylation sites (tertiary alicyclic amines) is 1. The third kappa shape index (κ3) is 5.52. The average molecular weight is 420 g/mol. The van der Waals surface area contributed by atoms with Crippen LogP contribution in [0.4, 0.5) is 0 Å². The van der Waals surface area contributed by atoms with Gasteiger partial charge in [-0.15, -0.1) is 0 Å². The van der Waals surface area contributed by atoms with Gasteiger partial charge in [-0.3, -0.25) is 9.59 Å². The minimum absolute atomic E-state index is 0.0196. The first kappa shape index (κ1) is 22.1. The Morgan fingerprint density at radius 2 is 1.76 bits per heavy atom. The van der Waals surface area contributed by atoms with E-state index < -0.39 is 6.04 Å². The largest absolute Gasteiger partial charge is 0.339 e. The lowest BCUT2D eigenvalue weighted by molar-refractivity contribution is -0.141. The summed E-state index contributed by atoms with van der Waals surface area (Å²) < 4.78 is 0. The predicted molar refractivity (Wildman–Crippen MR) is 117 cm³/mol. The third-order valence-electron chi connectivity index (χ3n) is 6.27. The minimum atomic E-state index is -0.571. The molecule has 2 fully saturated rings. The Morgan fingerprint density at radius 3 is 2.38 bits per heavy atom. The molecule has 1 saturated heterocycles. The lowest BCUT2D eigenvalue weighted by Crippen LogP contribution is -2.51. The molecule has 1 saturated carbocycles. The van der Waals surface area contributed by atoms with E-state index in [0.717, 1.165) is 24.8 Å². The molecule has 1 aliphatic carbocycles. The van der Waals surface area contributed by atoms with Gasteiger partial charge < -0.3 is 15.5 Å². The fourth-order valence-corrected chi connectivity index (χ4v) is 4.81. The highest BCUT2D eigenvalue weighted by Gasteiger charge is 2.38. The van der Waals surface area contributed by atoms with Gasteiger partial charge in [-0.2, -0.15) is 0 Å². The number of nitrogens with two attached hydrogens (primary N) is 1. The summed E-state index contributed by atoms with van der Waals surface area (Å²) in [4.78, 5) is 29.9. The molecule has 3 rings (SSSR count). The second kappa shape index (κ2) is 9.94. The lowest BCUT2D eigenvalue weighted by atomic mass is 9.92. The summed E-state index contributed by atoms with van der Waals surface area (Å²) in [7, 11) is 0. The van der Waals surface area contributed by atoms with E-state index in [4.69, 9.17) is 17.3 Å². The second-order valence-corrected chi connectivity index (χ2v) is 9.29. The molecule has 0 spiro atoms. The zero-order valence-corrected chi connectivity index (χ0v) is 18.4. The quantitative estimate of drug-likeness (QED) is 0.765. The molecule has 1 aliphatic heterocycles. The molecule has 0 bridgehead atoms. The molecule has 0 radical (unpaired) electrons. The van der Waals surface area contributed by atoms with E-state index in [-0.39, 0.29) is 23.8 Å². The standard InChI is InChI=1S/C23H34ClN3O2/c1-16(2)22(28)27(19-6-4-3-5-7-19)20-12-13-26(15-20)23(29)21(25)14-17-8-10-18(24)11-9-17/h8-11,16,19-21H,3-7,12-15,25H2,1-2H3/t20-,21?/m0/s1. The highest BCUT2D eigenvalue weighted by Crippen LogP contribution is 2.29. The molecule has 2 aliphatic rings. The van der Waals surface area contributed by atoms with Crippen LogP contribution in [0.1, 0.15) is 57.9 Å². The first-order valence-corrected chi connectivity index (χ1v) is 11.4. The van der Waals surface area contributed by atoms with Gasteiger partial charge in [-0.1, -0.05) is 56.8 Å². The van der Waals surface area contributed by atoms with Gasteiger partial charge in [-0.05, 0) is 43.4 Å². The summed E-state index contributed by atoms with van der Waals surface area (Å²) in [6.45, 7) is 5.21. The first-order chi connectivity index (χ1) is 13.9. The highest BCUT2D eigenvalue weighted by molar-refractivity contribution is 6.30. The Kier molecular flexibility index (Phi) is 7.58. The van der Waals surface area contributed by atoms with E-state index in [1.54, 1.807) is 0 Å². The van der Waals surface area contributed by atoms with Gasteiger partial charge >= 0.3 is 0 Å². The van der Waals surface area contributed by atoms with Crippen molar-refractivity contribution in [1.29, 1.82) is 0 Å². The van der Waals surface area contributed by atoms with Crippen LogP contribution in [0.5, 0.6) is 0 Å². The molecule has 1 aromatic rings. The van der Waals surface area contributed by atoms with Crippen molar-refractivity contribution < 1.29 is 9.59 Å². The molecule has 1 unspecified atom stereocenters. The van der Waals surface area contributed by atoms with Crippen molar-refractivity contribution in [3.8, 4) is 0 Å². The maximum absolute atomic E-state index is 13.0. The first-order valence-electron chi connectivity index (χ1n) is 11.0. The van der Waals surface area contributed by atoms with Gasteiger partial charge in [-0.25, -0.2) is 0 Å². The summed E-state index contributed by atoms with van der Waals surface area (Å²) in [6, 6.07) is 7.32. The van der Waals surface area contributed by atoms with Gasteiger partial charge in [0.15, 0.2) is 0 Å². The molecule has 5 nitrogen and oxygen atoms in total. The van der Waals surface area contributed by atoms with Crippen LogP contribution >= 0.6 is 11.6 Å². The molecular formula is C23H34ClN3O2. The molecule has 2 amide bonds. The Balaban J connectivity index is 1.63. The van der Waals surface area contributed by atoms with E-state index in [0.29, 0.717) is 30.6 Å². The van der Waals surface area contributed by atoms with Crippen LogP contribution in [0.3, 0.4) is 0 Å². The number of benzene rings is 1. The van der Waals surface area contributed by atoms with Gasteiger partial charge in [0, 0.05) is 30.1 Å². The Hall–Kier alpha value is -1.59. The number of halogens is 1. The van der Waals surface area contributed by atoms with Crippen LogP contribution in [0.15, 0.2) is 24.3 Å². The zero-order valence-electron chi connectivity index (χ0n) is 17.6. The van der Waals surface area contributed by atoms with Gasteiger partial charge in [0.05, 0.1) is 12.1 Å². The summed E-state index contributed by atoms with van der Waals surface area (Å²) in [5.74, 6) is 0.179. The van der Waals surface area contributed by atoms with E-state index in [2.05, 4.69) is 4.90 Å². The zero-order chi connectivity index (χ0) is 21.0. The summed E-state index contributed by atoms with van der Waals surface area (Å²) in [5, 5.41) is 0.675.